The third-order valence-corrected chi connectivity index (χ3v) is 3.97. The Morgan fingerprint density at radius 3 is 2.20 bits per heavy atom. The zero-order chi connectivity index (χ0) is 15.0. The van der Waals surface area contributed by atoms with Gasteiger partial charge in [0.15, 0.2) is 6.29 Å². The van der Waals surface area contributed by atoms with E-state index in [0.717, 1.165) is 19.4 Å². The normalized spacial score (nSPS) is 19.9. The van der Waals surface area contributed by atoms with E-state index in [0.29, 0.717) is 32.1 Å². The molecule has 120 valence electrons. The fourth-order valence-corrected chi connectivity index (χ4v) is 2.74. The highest BCUT2D eigenvalue weighted by Crippen LogP contribution is 2.34. The molecule has 1 saturated carbocycles. The second kappa shape index (κ2) is 8.90. The van der Waals surface area contributed by atoms with Gasteiger partial charge in [0.1, 0.15) is 0 Å². The molecule has 0 aromatic heterocycles. The zero-order valence-corrected chi connectivity index (χ0v) is 13.0. The molecular weight excluding hydrogens is 264 g/mol. The van der Waals surface area contributed by atoms with E-state index in [1.165, 1.54) is 0 Å². The maximum Gasteiger partial charge on any atom is 0.248 e. The van der Waals surface area contributed by atoms with Gasteiger partial charge in [0.2, 0.25) is 5.92 Å². The van der Waals surface area contributed by atoms with Gasteiger partial charge in [-0.1, -0.05) is 0 Å². The fourth-order valence-electron chi connectivity index (χ4n) is 2.74. The van der Waals surface area contributed by atoms with E-state index >= 15 is 0 Å². The second-order valence-electron chi connectivity index (χ2n) is 5.55. The summed E-state index contributed by atoms with van der Waals surface area (Å²) >= 11 is 0. The Morgan fingerprint density at radius 2 is 1.70 bits per heavy atom. The maximum absolute atomic E-state index is 13.1. The Hall–Kier alpha value is -0.260. The van der Waals surface area contributed by atoms with Gasteiger partial charge in [-0.25, -0.2) is 8.78 Å². The third kappa shape index (κ3) is 6.46. The van der Waals surface area contributed by atoms with Crippen molar-refractivity contribution in [3.05, 3.63) is 0 Å². The summed E-state index contributed by atoms with van der Waals surface area (Å²) < 4.78 is 37.2. The van der Waals surface area contributed by atoms with Crippen LogP contribution in [0.25, 0.3) is 0 Å². The molecule has 0 radical (unpaired) electrons. The van der Waals surface area contributed by atoms with Crippen LogP contribution in [0.3, 0.4) is 0 Å². The summed E-state index contributed by atoms with van der Waals surface area (Å²) in [5, 5.41) is 0. The maximum atomic E-state index is 13.1. The van der Waals surface area contributed by atoms with E-state index in [9.17, 15) is 8.78 Å². The number of alkyl halides is 2. The van der Waals surface area contributed by atoms with E-state index in [1.807, 2.05) is 20.9 Å². The molecule has 0 spiro atoms. The summed E-state index contributed by atoms with van der Waals surface area (Å²) in [6.07, 6.45) is 2.95. The number of rotatable bonds is 9. The minimum absolute atomic E-state index is 0.0303. The molecule has 0 aromatic carbocycles. The topological polar surface area (TPSA) is 21.7 Å². The van der Waals surface area contributed by atoms with E-state index in [2.05, 4.69) is 4.90 Å². The summed E-state index contributed by atoms with van der Waals surface area (Å²) in [7, 11) is 2.03. The van der Waals surface area contributed by atoms with Gasteiger partial charge in [0, 0.05) is 32.1 Å². The van der Waals surface area contributed by atoms with Gasteiger partial charge in [0.25, 0.3) is 0 Å². The summed E-state index contributed by atoms with van der Waals surface area (Å²) in [6.45, 7) is 6.13. The SMILES string of the molecule is CCOC(CCCN(C)C1CCC(F)(F)CC1)OCC. The molecule has 0 aliphatic heterocycles. The summed E-state index contributed by atoms with van der Waals surface area (Å²) in [6, 6.07) is 0.298. The lowest BCUT2D eigenvalue weighted by Crippen LogP contribution is -2.39. The van der Waals surface area contributed by atoms with Gasteiger partial charge in [-0.3, -0.25) is 0 Å². The van der Waals surface area contributed by atoms with Crippen LogP contribution in [0.1, 0.15) is 52.4 Å². The molecule has 0 atom stereocenters. The first-order valence-corrected chi connectivity index (χ1v) is 7.79. The average molecular weight is 293 g/mol. The van der Waals surface area contributed by atoms with Crippen LogP contribution in [0.5, 0.6) is 0 Å². The van der Waals surface area contributed by atoms with Crippen molar-refractivity contribution in [3.63, 3.8) is 0 Å². The van der Waals surface area contributed by atoms with Crippen molar-refractivity contribution in [2.45, 2.75) is 70.6 Å². The third-order valence-electron chi connectivity index (χ3n) is 3.97. The molecule has 3 nitrogen and oxygen atoms in total. The highest BCUT2D eigenvalue weighted by molar-refractivity contribution is 4.82. The minimum Gasteiger partial charge on any atom is -0.353 e. The van der Waals surface area contributed by atoms with Crippen LogP contribution in [0, 0.1) is 0 Å². The first kappa shape index (κ1) is 17.8. The molecule has 20 heavy (non-hydrogen) atoms. The van der Waals surface area contributed by atoms with E-state index in [-0.39, 0.29) is 19.1 Å². The minimum atomic E-state index is -2.44. The number of halogens is 2. The molecule has 0 bridgehead atoms. The zero-order valence-electron chi connectivity index (χ0n) is 13.0. The second-order valence-corrected chi connectivity index (χ2v) is 5.55. The van der Waals surface area contributed by atoms with Crippen molar-refractivity contribution in [2.24, 2.45) is 0 Å². The monoisotopic (exact) mass is 293 g/mol. The molecule has 1 rings (SSSR count). The van der Waals surface area contributed by atoms with Crippen molar-refractivity contribution in [1.82, 2.24) is 4.90 Å². The Labute approximate surface area is 121 Å². The molecule has 0 saturated heterocycles. The van der Waals surface area contributed by atoms with Crippen molar-refractivity contribution >= 4 is 0 Å². The molecule has 0 heterocycles. The molecule has 5 heteroatoms. The highest BCUT2D eigenvalue weighted by atomic mass is 19.3. The highest BCUT2D eigenvalue weighted by Gasteiger charge is 2.35. The lowest BCUT2D eigenvalue weighted by atomic mass is 9.91. The first-order chi connectivity index (χ1) is 9.48. The molecule has 0 aromatic rings. The average Bonchev–Trinajstić information content (AvgIpc) is 2.39. The summed E-state index contributed by atoms with van der Waals surface area (Å²) in [5.41, 5.74) is 0. The summed E-state index contributed by atoms with van der Waals surface area (Å²) in [5.74, 6) is -2.44. The van der Waals surface area contributed by atoms with Crippen molar-refractivity contribution < 1.29 is 18.3 Å². The van der Waals surface area contributed by atoms with Crippen molar-refractivity contribution in [1.29, 1.82) is 0 Å². The molecular formula is C15H29F2NO2. The number of hydrogen-bond donors (Lipinski definition) is 0. The van der Waals surface area contributed by atoms with Crippen LogP contribution in [0.4, 0.5) is 8.78 Å². The lowest BCUT2D eigenvalue weighted by molar-refractivity contribution is -0.140. The number of nitrogens with zero attached hydrogens (tertiary/aromatic N) is 1. The number of ether oxygens (including phenoxy) is 2. The van der Waals surface area contributed by atoms with Gasteiger partial charge in [-0.2, -0.15) is 0 Å². The predicted octanol–water partition coefficient (Wildman–Crippen LogP) is 3.68. The van der Waals surface area contributed by atoms with Crippen LogP contribution in [0.2, 0.25) is 0 Å². The largest absolute Gasteiger partial charge is 0.353 e. The van der Waals surface area contributed by atoms with Crippen LogP contribution in [-0.2, 0) is 9.47 Å². The lowest BCUT2D eigenvalue weighted by Gasteiger charge is -2.34. The Bertz CT molecular complexity index is 248. The van der Waals surface area contributed by atoms with Crippen LogP contribution >= 0.6 is 0 Å². The molecule has 1 aliphatic carbocycles. The molecule has 0 unspecified atom stereocenters. The molecule has 1 fully saturated rings. The predicted molar refractivity (Wildman–Crippen MR) is 76.1 cm³/mol. The van der Waals surface area contributed by atoms with Crippen LogP contribution in [-0.4, -0.2) is 50.0 Å². The Morgan fingerprint density at radius 1 is 1.15 bits per heavy atom. The smallest absolute Gasteiger partial charge is 0.248 e. The van der Waals surface area contributed by atoms with Crippen LogP contribution < -0.4 is 0 Å². The van der Waals surface area contributed by atoms with Gasteiger partial charge >= 0.3 is 0 Å². The number of hydrogen-bond acceptors (Lipinski definition) is 3. The van der Waals surface area contributed by atoms with Crippen molar-refractivity contribution in [3.8, 4) is 0 Å². The molecule has 1 aliphatic rings. The van der Waals surface area contributed by atoms with Gasteiger partial charge in [-0.05, 0) is 53.1 Å². The fraction of sp³-hybridized carbons (Fsp3) is 1.00. The standard InChI is InChI=1S/C15H29F2NO2/c1-4-19-14(20-5-2)7-6-12-18(3)13-8-10-15(16,17)11-9-13/h13-14H,4-12H2,1-3H3. The molecule has 0 N–H and O–H groups in total. The molecule has 0 amide bonds. The van der Waals surface area contributed by atoms with E-state index in [1.54, 1.807) is 0 Å². The first-order valence-electron chi connectivity index (χ1n) is 7.79. The van der Waals surface area contributed by atoms with Gasteiger partial charge in [-0.15, -0.1) is 0 Å². The van der Waals surface area contributed by atoms with Crippen molar-refractivity contribution in [2.75, 3.05) is 26.8 Å². The Kier molecular flexibility index (Phi) is 7.92. The van der Waals surface area contributed by atoms with Crippen LogP contribution in [0.15, 0.2) is 0 Å². The van der Waals surface area contributed by atoms with Gasteiger partial charge < -0.3 is 14.4 Å². The Balaban J connectivity index is 2.20. The van der Waals surface area contributed by atoms with Gasteiger partial charge in [0.05, 0.1) is 0 Å². The van der Waals surface area contributed by atoms with E-state index in [4.69, 9.17) is 9.47 Å². The summed E-state index contributed by atoms with van der Waals surface area (Å²) in [4.78, 5) is 2.21. The van der Waals surface area contributed by atoms with E-state index < -0.39 is 5.92 Å². The quantitative estimate of drug-likeness (QED) is 0.605.